The van der Waals surface area contributed by atoms with Crippen molar-refractivity contribution in [3.8, 4) is 0 Å². The summed E-state index contributed by atoms with van der Waals surface area (Å²) in [7, 11) is 2.19. The van der Waals surface area contributed by atoms with Crippen LogP contribution in [0, 0.1) is 6.92 Å². The molecule has 1 aromatic rings. The molecule has 90 valence electrons. The highest BCUT2D eigenvalue weighted by Gasteiger charge is 2.24. The number of rotatable bonds is 4. The van der Waals surface area contributed by atoms with E-state index in [1.54, 1.807) is 0 Å². The van der Waals surface area contributed by atoms with E-state index in [0.717, 1.165) is 13.1 Å². The highest BCUT2D eigenvalue weighted by atomic mass is 32.1. The summed E-state index contributed by atoms with van der Waals surface area (Å²) in [6.07, 6.45) is 1.27. The smallest absolute Gasteiger partial charge is 0.0975 e. The van der Waals surface area contributed by atoms with Crippen LogP contribution >= 0.6 is 11.3 Å². The molecule has 0 saturated carbocycles. The van der Waals surface area contributed by atoms with Gasteiger partial charge in [-0.25, -0.2) is 4.98 Å². The summed E-state index contributed by atoms with van der Waals surface area (Å²) in [5, 5.41) is 4.72. The van der Waals surface area contributed by atoms with E-state index in [2.05, 4.69) is 31.1 Å². The van der Waals surface area contributed by atoms with Gasteiger partial charge in [-0.15, -0.1) is 11.3 Å². The lowest BCUT2D eigenvalue weighted by atomic mass is 10.1. The van der Waals surface area contributed by atoms with Gasteiger partial charge in [0.1, 0.15) is 0 Å². The monoisotopic (exact) mass is 239 g/mol. The maximum atomic E-state index is 4.73. The molecule has 1 aliphatic heterocycles. The Morgan fingerprint density at radius 3 is 3.00 bits per heavy atom. The summed E-state index contributed by atoms with van der Waals surface area (Å²) in [5.41, 5.74) is 1.22. The lowest BCUT2D eigenvalue weighted by Gasteiger charge is -2.06. The Morgan fingerprint density at radius 1 is 1.56 bits per heavy atom. The summed E-state index contributed by atoms with van der Waals surface area (Å²) in [4.78, 5) is 8.53. The van der Waals surface area contributed by atoms with Crippen LogP contribution in [0.25, 0.3) is 0 Å². The average Bonchev–Trinajstić information content (AvgIpc) is 2.82. The fraction of sp³-hybridized carbons (Fsp3) is 0.750. The standard InChI is InChI=1S/C12H21N3S/c1-4-13-7-11-9(2)14-12(16-11)10-5-6-15(3)8-10/h10,13H,4-8H2,1-3H3. The summed E-state index contributed by atoms with van der Waals surface area (Å²) in [6, 6.07) is 0. The molecule has 1 aromatic heterocycles. The van der Waals surface area contributed by atoms with E-state index in [-0.39, 0.29) is 0 Å². The maximum absolute atomic E-state index is 4.73. The Hall–Kier alpha value is -0.450. The predicted octanol–water partition coefficient (Wildman–Crippen LogP) is 1.98. The zero-order valence-corrected chi connectivity index (χ0v) is 11.2. The molecule has 0 aromatic carbocycles. The average molecular weight is 239 g/mol. The SMILES string of the molecule is CCNCc1sc(C2CCN(C)C2)nc1C. The minimum Gasteiger partial charge on any atom is -0.312 e. The second-order valence-electron chi connectivity index (χ2n) is 4.59. The van der Waals surface area contributed by atoms with E-state index in [4.69, 9.17) is 4.98 Å². The van der Waals surface area contributed by atoms with E-state index in [0.29, 0.717) is 5.92 Å². The Morgan fingerprint density at radius 2 is 2.38 bits per heavy atom. The molecule has 0 radical (unpaired) electrons. The normalized spacial score (nSPS) is 21.8. The second kappa shape index (κ2) is 5.25. The first-order valence-corrected chi connectivity index (χ1v) is 6.87. The molecule has 1 fully saturated rings. The van der Waals surface area contributed by atoms with Gasteiger partial charge in [-0.3, -0.25) is 0 Å². The molecule has 4 heteroatoms. The number of hydrogen-bond acceptors (Lipinski definition) is 4. The van der Waals surface area contributed by atoms with Crippen molar-refractivity contribution in [1.82, 2.24) is 15.2 Å². The third-order valence-electron chi connectivity index (χ3n) is 3.19. The van der Waals surface area contributed by atoms with Gasteiger partial charge in [0.15, 0.2) is 0 Å². The van der Waals surface area contributed by atoms with Gasteiger partial charge in [-0.2, -0.15) is 0 Å². The van der Waals surface area contributed by atoms with Crippen LogP contribution in [0.15, 0.2) is 0 Å². The molecule has 1 saturated heterocycles. The van der Waals surface area contributed by atoms with Crippen LogP contribution in [0.2, 0.25) is 0 Å². The first-order chi connectivity index (χ1) is 7.70. The van der Waals surface area contributed by atoms with Crippen molar-refractivity contribution in [3.05, 3.63) is 15.6 Å². The van der Waals surface area contributed by atoms with Gasteiger partial charge in [-0.05, 0) is 33.5 Å². The molecule has 3 nitrogen and oxygen atoms in total. The largest absolute Gasteiger partial charge is 0.312 e. The van der Waals surface area contributed by atoms with Crippen LogP contribution in [0.4, 0.5) is 0 Å². The third-order valence-corrected chi connectivity index (χ3v) is 4.51. The Kier molecular flexibility index (Phi) is 3.95. The van der Waals surface area contributed by atoms with Gasteiger partial charge in [0.25, 0.3) is 0 Å². The van der Waals surface area contributed by atoms with Crippen molar-refractivity contribution in [2.75, 3.05) is 26.7 Å². The third kappa shape index (κ3) is 2.62. The van der Waals surface area contributed by atoms with Crippen LogP contribution in [-0.4, -0.2) is 36.6 Å². The molecule has 16 heavy (non-hydrogen) atoms. The lowest BCUT2D eigenvalue weighted by Crippen LogP contribution is -2.13. The minimum absolute atomic E-state index is 0.670. The van der Waals surface area contributed by atoms with Crippen LogP contribution < -0.4 is 5.32 Å². The Labute approximate surface area is 102 Å². The van der Waals surface area contributed by atoms with Crippen molar-refractivity contribution in [3.63, 3.8) is 0 Å². The molecule has 1 atom stereocenters. The number of likely N-dealkylation sites (N-methyl/N-ethyl adjacent to an activating group) is 1. The van der Waals surface area contributed by atoms with Crippen molar-refractivity contribution in [2.45, 2.75) is 32.7 Å². The molecule has 1 unspecified atom stereocenters. The number of nitrogens with one attached hydrogen (secondary N) is 1. The number of thiazole rings is 1. The van der Waals surface area contributed by atoms with E-state index in [9.17, 15) is 0 Å². The topological polar surface area (TPSA) is 28.2 Å². The number of hydrogen-bond donors (Lipinski definition) is 1. The minimum atomic E-state index is 0.670. The van der Waals surface area contributed by atoms with Crippen molar-refractivity contribution >= 4 is 11.3 Å². The predicted molar refractivity (Wildman–Crippen MR) is 69.1 cm³/mol. The summed E-state index contributed by atoms with van der Waals surface area (Å²) in [6.45, 7) is 8.66. The molecule has 2 rings (SSSR count). The van der Waals surface area contributed by atoms with Crippen molar-refractivity contribution < 1.29 is 0 Å². The molecule has 0 amide bonds. The molecule has 0 spiro atoms. The van der Waals surface area contributed by atoms with Gasteiger partial charge in [0.2, 0.25) is 0 Å². The van der Waals surface area contributed by atoms with Crippen LogP contribution in [0.3, 0.4) is 0 Å². The first-order valence-electron chi connectivity index (χ1n) is 6.06. The summed E-state index contributed by atoms with van der Waals surface area (Å²) >= 11 is 1.90. The Bertz CT molecular complexity index is 348. The molecule has 2 heterocycles. The number of aromatic nitrogens is 1. The van der Waals surface area contributed by atoms with E-state index in [1.165, 1.54) is 35.1 Å². The number of nitrogens with zero attached hydrogens (tertiary/aromatic N) is 2. The van der Waals surface area contributed by atoms with Gasteiger partial charge in [-0.1, -0.05) is 6.92 Å². The van der Waals surface area contributed by atoms with Gasteiger partial charge >= 0.3 is 0 Å². The van der Waals surface area contributed by atoms with Crippen molar-refractivity contribution in [1.29, 1.82) is 0 Å². The first kappa shape index (κ1) is 12.0. The summed E-state index contributed by atoms with van der Waals surface area (Å²) in [5.74, 6) is 0.670. The molecule has 0 bridgehead atoms. The van der Waals surface area contributed by atoms with Crippen LogP contribution in [0.1, 0.15) is 34.8 Å². The highest BCUT2D eigenvalue weighted by molar-refractivity contribution is 7.11. The molecular weight excluding hydrogens is 218 g/mol. The Balaban J connectivity index is 2.05. The fourth-order valence-corrected chi connectivity index (χ4v) is 3.33. The number of likely N-dealkylation sites (tertiary alicyclic amines) is 1. The zero-order valence-electron chi connectivity index (χ0n) is 10.4. The summed E-state index contributed by atoms with van der Waals surface area (Å²) < 4.78 is 0. The van der Waals surface area contributed by atoms with Crippen LogP contribution in [-0.2, 0) is 6.54 Å². The van der Waals surface area contributed by atoms with E-state index in [1.807, 2.05) is 11.3 Å². The van der Waals surface area contributed by atoms with Crippen molar-refractivity contribution in [2.24, 2.45) is 0 Å². The zero-order chi connectivity index (χ0) is 11.5. The highest BCUT2D eigenvalue weighted by Crippen LogP contribution is 2.31. The fourth-order valence-electron chi connectivity index (χ4n) is 2.16. The molecule has 1 N–H and O–H groups in total. The second-order valence-corrected chi connectivity index (χ2v) is 5.70. The maximum Gasteiger partial charge on any atom is 0.0975 e. The van der Waals surface area contributed by atoms with E-state index >= 15 is 0 Å². The molecule has 1 aliphatic rings. The lowest BCUT2D eigenvalue weighted by molar-refractivity contribution is 0.411. The van der Waals surface area contributed by atoms with E-state index < -0.39 is 0 Å². The number of aryl methyl sites for hydroxylation is 1. The van der Waals surface area contributed by atoms with Gasteiger partial charge in [0.05, 0.1) is 10.7 Å². The quantitative estimate of drug-likeness (QED) is 0.871. The van der Waals surface area contributed by atoms with Crippen LogP contribution in [0.5, 0.6) is 0 Å². The van der Waals surface area contributed by atoms with Gasteiger partial charge in [0, 0.05) is 23.9 Å². The molecular formula is C12H21N3S. The molecule has 0 aliphatic carbocycles. The van der Waals surface area contributed by atoms with Gasteiger partial charge < -0.3 is 10.2 Å².